The molecule has 0 saturated heterocycles. The molecular weight excluding hydrogens is 182 g/mol. The fourth-order valence-electron chi connectivity index (χ4n) is 2.67. The van der Waals surface area contributed by atoms with Crippen molar-refractivity contribution in [3.8, 4) is 0 Å². The second kappa shape index (κ2) is 5.29. The van der Waals surface area contributed by atoms with Gasteiger partial charge in [0.15, 0.2) is 0 Å². The van der Waals surface area contributed by atoms with Crippen molar-refractivity contribution in [3.63, 3.8) is 0 Å². The molecule has 82 valence electrons. The molecule has 1 aromatic rings. The SMILES string of the molecule is CCc1cccnc1C1CCCCCC1. The number of rotatable bonds is 2. The first-order valence-corrected chi connectivity index (χ1v) is 6.35. The van der Waals surface area contributed by atoms with Gasteiger partial charge >= 0.3 is 0 Å². The Morgan fingerprint density at radius 2 is 1.93 bits per heavy atom. The van der Waals surface area contributed by atoms with Gasteiger partial charge in [0.2, 0.25) is 0 Å². The number of hydrogen-bond donors (Lipinski definition) is 0. The fourth-order valence-corrected chi connectivity index (χ4v) is 2.67. The summed E-state index contributed by atoms with van der Waals surface area (Å²) in [6, 6.07) is 4.31. The minimum absolute atomic E-state index is 0.739. The lowest BCUT2D eigenvalue weighted by atomic mass is 9.92. The van der Waals surface area contributed by atoms with Gasteiger partial charge in [-0.2, -0.15) is 0 Å². The van der Waals surface area contributed by atoms with Crippen molar-refractivity contribution >= 4 is 0 Å². The second-order valence-electron chi connectivity index (χ2n) is 4.59. The van der Waals surface area contributed by atoms with Crippen LogP contribution in [0.3, 0.4) is 0 Å². The molecule has 1 fully saturated rings. The van der Waals surface area contributed by atoms with Gasteiger partial charge in [0.1, 0.15) is 0 Å². The highest BCUT2D eigenvalue weighted by molar-refractivity contribution is 5.23. The molecule has 0 unspecified atom stereocenters. The van der Waals surface area contributed by atoms with Crippen molar-refractivity contribution in [1.29, 1.82) is 0 Å². The van der Waals surface area contributed by atoms with Gasteiger partial charge in [-0.25, -0.2) is 0 Å². The van der Waals surface area contributed by atoms with Crippen LogP contribution in [0.2, 0.25) is 0 Å². The van der Waals surface area contributed by atoms with Crippen LogP contribution < -0.4 is 0 Å². The summed E-state index contributed by atoms with van der Waals surface area (Å²) in [7, 11) is 0. The third-order valence-corrected chi connectivity index (χ3v) is 3.55. The van der Waals surface area contributed by atoms with Gasteiger partial charge in [0.25, 0.3) is 0 Å². The van der Waals surface area contributed by atoms with E-state index in [1.54, 1.807) is 0 Å². The smallest absolute Gasteiger partial charge is 0.0466 e. The predicted octanol–water partition coefficient (Wildman–Crippen LogP) is 4.08. The Bertz CT molecular complexity index is 298. The highest BCUT2D eigenvalue weighted by atomic mass is 14.7. The average molecular weight is 203 g/mol. The summed E-state index contributed by atoms with van der Waals surface area (Å²) in [5.74, 6) is 0.739. The van der Waals surface area contributed by atoms with E-state index in [0.717, 1.165) is 12.3 Å². The van der Waals surface area contributed by atoms with Gasteiger partial charge in [0.05, 0.1) is 0 Å². The van der Waals surface area contributed by atoms with E-state index in [2.05, 4.69) is 24.0 Å². The van der Waals surface area contributed by atoms with Crippen LogP contribution in [0.5, 0.6) is 0 Å². The van der Waals surface area contributed by atoms with Crippen molar-refractivity contribution in [3.05, 3.63) is 29.6 Å². The van der Waals surface area contributed by atoms with Crippen LogP contribution in [-0.4, -0.2) is 4.98 Å². The van der Waals surface area contributed by atoms with E-state index in [1.807, 2.05) is 6.20 Å². The maximum atomic E-state index is 4.61. The van der Waals surface area contributed by atoms with Crippen LogP contribution in [-0.2, 0) is 6.42 Å². The van der Waals surface area contributed by atoms with Crippen molar-refractivity contribution in [2.45, 2.75) is 57.8 Å². The molecule has 2 rings (SSSR count). The zero-order valence-corrected chi connectivity index (χ0v) is 9.71. The van der Waals surface area contributed by atoms with Gasteiger partial charge in [-0.15, -0.1) is 0 Å². The molecule has 1 aliphatic rings. The number of nitrogens with zero attached hydrogens (tertiary/aromatic N) is 1. The normalized spacial score (nSPS) is 18.7. The van der Waals surface area contributed by atoms with Crippen LogP contribution >= 0.6 is 0 Å². The van der Waals surface area contributed by atoms with E-state index < -0.39 is 0 Å². The Hall–Kier alpha value is -0.850. The maximum Gasteiger partial charge on any atom is 0.0466 e. The molecule has 1 aliphatic carbocycles. The molecule has 1 saturated carbocycles. The molecule has 0 radical (unpaired) electrons. The molecule has 15 heavy (non-hydrogen) atoms. The molecule has 0 atom stereocenters. The average Bonchev–Trinajstić information content (AvgIpc) is 2.57. The number of aryl methyl sites for hydroxylation is 1. The van der Waals surface area contributed by atoms with E-state index >= 15 is 0 Å². The third-order valence-electron chi connectivity index (χ3n) is 3.55. The van der Waals surface area contributed by atoms with E-state index in [-0.39, 0.29) is 0 Å². The Morgan fingerprint density at radius 1 is 1.20 bits per heavy atom. The van der Waals surface area contributed by atoms with Gasteiger partial charge in [-0.05, 0) is 30.9 Å². The zero-order valence-electron chi connectivity index (χ0n) is 9.71. The molecule has 1 aromatic heterocycles. The molecule has 0 bridgehead atoms. The molecule has 1 nitrogen and oxygen atoms in total. The summed E-state index contributed by atoms with van der Waals surface area (Å²) in [5, 5.41) is 0. The van der Waals surface area contributed by atoms with Crippen LogP contribution in [0.25, 0.3) is 0 Å². The molecule has 1 heteroatoms. The fraction of sp³-hybridized carbons (Fsp3) is 0.643. The quantitative estimate of drug-likeness (QED) is 0.660. The van der Waals surface area contributed by atoms with Gasteiger partial charge in [0, 0.05) is 17.8 Å². The molecular formula is C14H21N. The Morgan fingerprint density at radius 3 is 2.60 bits per heavy atom. The van der Waals surface area contributed by atoms with Crippen molar-refractivity contribution < 1.29 is 0 Å². The topological polar surface area (TPSA) is 12.9 Å². The Labute approximate surface area is 92.9 Å². The summed E-state index contributed by atoms with van der Waals surface area (Å²) in [4.78, 5) is 4.61. The van der Waals surface area contributed by atoms with Crippen molar-refractivity contribution in [2.75, 3.05) is 0 Å². The molecule has 0 amide bonds. The van der Waals surface area contributed by atoms with E-state index in [4.69, 9.17) is 0 Å². The summed E-state index contributed by atoms with van der Waals surface area (Å²) in [5.41, 5.74) is 2.85. The molecule has 0 spiro atoms. The number of pyridine rings is 1. The third kappa shape index (κ3) is 2.58. The predicted molar refractivity (Wildman–Crippen MR) is 64.1 cm³/mol. The highest BCUT2D eigenvalue weighted by Gasteiger charge is 2.17. The zero-order chi connectivity index (χ0) is 10.5. The minimum atomic E-state index is 0.739. The Kier molecular flexibility index (Phi) is 3.76. The van der Waals surface area contributed by atoms with Crippen LogP contribution in [0.1, 0.15) is 62.6 Å². The van der Waals surface area contributed by atoms with Crippen molar-refractivity contribution in [1.82, 2.24) is 4.98 Å². The first kappa shape index (κ1) is 10.7. The summed E-state index contributed by atoms with van der Waals surface area (Å²) in [6.45, 7) is 2.23. The van der Waals surface area contributed by atoms with E-state index in [9.17, 15) is 0 Å². The van der Waals surface area contributed by atoms with Crippen molar-refractivity contribution in [2.24, 2.45) is 0 Å². The largest absolute Gasteiger partial charge is 0.261 e. The maximum absolute atomic E-state index is 4.61. The lowest BCUT2D eigenvalue weighted by Gasteiger charge is -2.16. The van der Waals surface area contributed by atoms with Gasteiger partial charge in [-0.3, -0.25) is 4.98 Å². The number of aromatic nitrogens is 1. The first-order valence-electron chi connectivity index (χ1n) is 6.35. The second-order valence-corrected chi connectivity index (χ2v) is 4.59. The van der Waals surface area contributed by atoms with Gasteiger partial charge in [-0.1, -0.05) is 38.7 Å². The standard InChI is InChI=1S/C14H21N/c1-2-12-10-7-11-15-14(12)13-8-5-3-4-6-9-13/h7,10-11,13H,2-6,8-9H2,1H3. The van der Waals surface area contributed by atoms with Crippen LogP contribution in [0.15, 0.2) is 18.3 Å². The summed E-state index contributed by atoms with van der Waals surface area (Å²) < 4.78 is 0. The molecule has 0 N–H and O–H groups in total. The number of hydrogen-bond acceptors (Lipinski definition) is 1. The minimum Gasteiger partial charge on any atom is -0.261 e. The summed E-state index contributed by atoms with van der Waals surface area (Å²) >= 11 is 0. The van der Waals surface area contributed by atoms with Gasteiger partial charge < -0.3 is 0 Å². The first-order chi connectivity index (χ1) is 7.42. The highest BCUT2D eigenvalue weighted by Crippen LogP contribution is 2.32. The molecule has 0 aromatic carbocycles. The Balaban J connectivity index is 2.18. The van der Waals surface area contributed by atoms with E-state index in [1.165, 1.54) is 49.8 Å². The molecule has 1 heterocycles. The lowest BCUT2D eigenvalue weighted by Crippen LogP contribution is -2.04. The lowest BCUT2D eigenvalue weighted by molar-refractivity contribution is 0.572. The van der Waals surface area contributed by atoms with Crippen LogP contribution in [0, 0.1) is 0 Å². The van der Waals surface area contributed by atoms with E-state index in [0.29, 0.717) is 0 Å². The van der Waals surface area contributed by atoms with Crippen LogP contribution in [0.4, 0.5) is 0 Å². The molecule has 0 aliphatic heterocycles. The monoisotopic (exact) mass is 203 g/mol. The summed E-state index contributed by atoms with van der Waals surface area (Å²) in [6.07, 6.45) is 11.4.